The highest BCUT2D eigenvalue weighted by Crippen LogP contribution is 2.27. The van der Waals surface area contributed by atoms with Crippen molar-refractivity contribution >= 4 is 5.97 Å². The Labute approximate surface area is 121 Å². The molecular formula is C17H26O3. The van der Waals surface area contributed by atoms with Crippen LogP contribution in [0.5, 0.6) is 5.75 Å². The van der Waals surface area contributed by atoms with Gasteiger partial charge in [0.1, 0.15) is 11.3 Å². The van der Waals surface area contributed by atoms with Crippen molar-refractivity contribution < 1.29 is 15.0 Å². The molecule has 0 aliphatic rings. The number of hydrogen-bond donors (Lipinski definition) is 2. The number of phenols is 1. The normalized spacial score (nSPS) is 10.7. The van der Waals surface area contributed by atoms with Gasteiger partial charge in [0.05, 0.1) is 0 Å². The van der Waals surface area contributed by atoms with E-state index >= 15 is 0 Å². The molecule has 0 amide bonds. The minimum absolute atomic E-state index is 0.0327. The number of hydrogen-bond acceptors (Lipinski definition) is 2. The van der Waals surface area contributed by atoms with E-state index in [-0.39, 0.29) is 11.3 Å². The molecule has 0 unspecified atom stereocenters. The van der Waals surface area contributed by atoms with Gasteiger partial charge in [-0.3, -0.25) is 0 Å². The molecule has 112 valence electrons. The molecule has 0 atom stereocenters. The molecular weight excluding hydrogens is 252 g/mol. The lowest BCUT2D eigenvalue weighted by Crippen LogP contribution is -2.01. The maximum Gasteiger partial charge on any atom is 0.339 e. The minimum Gasteiger partial charge on any atom is -0.507 e. The van der Waals surface area contributed by atoms with Gasteiger partial charge in [-0.2, -0.15) is 0 Å². The fourth-order valence-corrected chi connectivity index (χ4v) is 2.41. The van der Waals surface area contributed by atoms with Crippen molar-refractivity contribution in [2.45, 2.75) is 65.2 Å². The molecule has 1 rings (SSSR count). The lowest BCUT2D eigenvalue weighted by molar-refractivity contribution is 0.0693. The number of rotatable bonds is 9. The van der Waals surface area contributed by atoms with Crippen LogP contribution in [0.3, 0.4) is 0 Å². The Hall–Kier alpha value is -1.51. The molecule has 3 heteroatoms. The first-order valence-corrected chi connectivity index (χ1v) is 7.68. The van der Waals surface area contributed by atoms with Crippen molar-refractivity contribution in [2.24, 2.45) is 0 Å². The highest BCUT2D eigenvalue weighted by atomic mass is 16.4. The summed E-state index contributed by atoms with van der Waals surface area (Å²) in [5.74, 6) is -1.11. The zero-order valence-electron chi connectivity index (χ0n) is 12.6. The monoisotopic (exact) mass is 278 g/mol. The van der Waals surface area contributed by atoms with E-state index in [1.54, 1.807) is 6.07 Å². The van der Waals surface area contributed by atoms with E-state index in [1.807, 2.05) is 13.0 Å². The molecule has 0 aromatic heterocycles. The molecule has 0 aliphatic carbocycles. The van der Waals surface area contributed by atoms with Gasteiger partial charge < -0.3 is 10.2 Å². The third-order valence-corrected chi connectivity index (χ3v) is 3.69. The molecule has 0 radical (unpaired) electrons. The van der Waals surface area contributed by atoms with Crippen molar-refractivity contribution in [3.63, 3.8) is 0 Å². The summed E-state index contributed by atoms with van der Waals surface area (Å²) in [6.45, 7) is 4.19. The van der Waals surface area contributed by atoms with Crippen LogP contribution in [0.1, 0.15) is 73.9 Å². The third kappa shape index (κ3) is 4.87. The Kier molecular flexibility index (Phi) is 7.13. The van der Waals surface area contributed by atoms with Gasteiger partial charge in [0.25, 0.3) is 0 Å². The molecule has 1 aromatic carbocycles. The van der Waals surface area contributed by atoms with Gasteiger partial charge in [-0.1, -0.05) is 52.0 Å². The summed E-state index contributed by atoms with van der Waals surface area (Å²) in [4.78, 5) is 11.1. The number of aromatic hydroxyl groups is 1. The summed E-state index contributed by atoms with van der Waals surface area (Å²) in [7, 11) is 0. The quantitative estimate of drug-likeness (QED) is 0.651. The third-order valence-electron chi connectivity index (χ3n) is 3.69. The van der Waals surface area contributed by atoms with Crippen molar-refractivity contribution in [3.05, 3.63) is 28.8 Å². The lowest BCUT2D eigenvalue weighted by Gasteiger charge is -2.10. The number of carboxylic acids is 1. The number of carbonyl (C=O) groups is 1. The van der Waals surface area contributed by atoms with Crippen LogP contribution in [0.15, 0.2) is 12.1 Å². The van der Waals surface area contributed by atoms with Crippen LogP contribution in [0, 0.1) is 0 Å². The largest absolute Gasteiger partial charge is 0.507 e. The molecule has 2 N–H and O–H groups in total. The van der Waals surface area contributed by atoms with Crippen LogP contribution in [0.25, 0.3) is 0 Å². The molecule has 3 nitrogen and oxygen atoms in total. The van der Waals surface area contributed by atoms with Crippen LogP contribution in [-0.2, 0) is 12.8 Å². The topological polar surface area (TPSA) is 57.5 Å². The average molecular weight is 278 g/mol. The molecule has 0 saturated heterocycles. The Balaban J connectivity index is 2.64. The second-order valence-electron chi connectivity index (χ2n) is 5.33. The molecule has 0 fully saturated rings. The summed E-state index contributed by atoms with van der Waals surface area (Å²) in [5.41, 5.74) is 1.78. The van der Waals surface area contributed by atoms with Crippen LogP contribution in [0.4, 0.5) is 0 Å². The summed E-state index contributed by atoms with van der Waals surface area (Å²) in [5, 5.41) is 19.2. The predicted molar refractivity (Wildman–Crippen MR) is 81.5 cm³/mol. The SMILES string of the molecule is CCCCCCCCc1cc(CC)cc(C(=O)O)c1O. The van der Waals surface area contributed by atoms with Crippen molar-refractivity contribution in [1.29, 1.82) is 0 Å². The molecule has 0 aliphatic heterocycles. The van der Waals surface area contributed by atoms with E-state index in [2.05, 4.69) is 6.92 Å². The fourth-order valence-electron chi connectivity index (χ4n) is 2.41. The van der Waals surface area contributed by atoms with Crippen LogP contribution in [-0.4, -0.2) is 16.2 Å². The van der Waals surface area contributed by atoms with E-state index in [1.165, 1.54) is 25.7 Å². The van der Waals surface area contributed by atoms with Gasteiger partial charge in [-0.25, -0.2) is 4.79 Å². The van der Waals surface area contributed by atoms with Crippen molar-refractivity contribution in [1.82, 2.24) is 0 Å². The number of unbranched alkanes of at least 4 members (excludes halogenated alkanes) is 5. The van der Waals surface area contributed by atoms with Gasteiger partial charge >= 0.3 is 5.97 Å². The van der Waals surface area contributed by atoms with Crippen molar-refractivity contribution in [2.75, 3.05) is 0 Å². The Bertz CT molecular complexity index is 438. The van der Waals surface area contributed by atoms with Gasteiger partial charge in [0.15, 0.2) is 0 Å². The lowest BCUT2D eigenvalue weighted by atomic mass is 9.98. The van der Waals surface area contributed by atoms with Crippen molar-refractivity contribution in [3.8, 4) is 5.75 Å². The summed E-state index contributed by atoms with van der Waals surface area (Å²) in [6, 6.07) is 3.51. The smallest absolute Gasteiger partial charge is 0.339 e. The van der Waals surface area contributed by atoms with E-state index in [9.17, 15) is 9.90 Å². The number of aryl methyl sites for hydroxylation is 2. The van der Waals surface area contributed by atoms with Crippen LogP contribution in [0.2, 0.25) is 0 Å². The molecule has 0 heterocycles. The predicted octanol–water partition coefficient (Wildman–Crippen LogP) is 4.56. The summed E-state index contributed by atoms with van der Waals surface area (Å²) < 4.78 is 0. The van der Waals surface area contributed by atoms with E-state index < -0.39 is 5.97 Å². The Morgan fingerprint density at radius 3 is 2.30 bits per heavy atom. The highest BCUT2D eigenvalue weighted by Gasteiger charge is 2.14. The maximum absolute atomic E-state index is 11.1. The highest BCUT2D eigenvalue weighted by molar-refractivity contribution is 5.91. The number of carboxylic acid groups (broad SMARTS) is 1. The van der Waals surface area contributed by atoms with Crippen LogP contribution >= 0.6 is 0 Å². The zero-order valence-corrected chi connectivity index (χ0v) is 12.6. The first kappa shape index (κ1) is 16.5. The maximum atomic E-state index is 11.1. The van der Waals surface area contributed by atoms with Gasteiger partial charge in [-0.05, 0) is 36.5 Å². The van der Waals surface area contributed by atoms with Gasteiger partial charge in [0.2, 0.25) is 0 Å². The fraction of sp³-hybridized carbons (Fsp3) is 0.588. The van der Waals surface area contributed by atoms with E-state index in [0.29, 0.717) is 0 Å². The zero-order chi connectivity index (χ0) is 15.0. The van der Waals surface area contributed by atoms with Gasteiger partial charge in [-0.15, -0.1) is 0 Å². The molecule has 1 aromatic rings. The van der Waals surface area contributed by atoms with E-state index in [0.717, 1.165) is 36.8 Å². The van der Waals surface area contributed by atoms with E-state index in [4.69, 9.17) is 5.11 Å². The molecule has 20 heavy (non-hydrogen) atoms. The minimum atomic E-state index is -1.05. The number of benzene rings is 1. The number of aromatic carboxylic acids is 1. The second kappa shape index (κ2) is 8.62. The molecule has 0 saturated carbocycles. The summed E-state index contributed by atoms with van der Waals surface area (Å²) in [6.07, 6.45) is 8.67. The first-order valence-electron chi connectivity index (χ1n) is 7.68. The van der Waals surface area contributed by atoms with Gasteiger partial charge in [0, 0.05) is 0 Å². The molecule has 0 bridgehead atoms. The first-order chi connectivity index (χ1) is 9.60. The Morgan fingerprint density at radius 2 is 1.70 bits per heavy atom. The van der Waals surface area contributed by atoms with Crippen LogP contribution < -0.4 is 0 Å². The molecule has 0 spiro atoms. The average Bonchev–Trinajstić information content (AvgIpc) is 2.43. The second-order valence-corrected chi connectivity index (χ2v) is 5.33. The Morgan fingerprint density at radius 1 is 1.05 bits per heavy atom. The summed E-state index contributed by atoms with van der Waals surface area (Å²) >= 11 is 0. The standard InChI is InChI=1S/C17H26O3/c1-3-5-6-7-8-9-10-14-11-13(4-2)12-15(16(14)18)17(19)20/h11-12,18H,3-10H2,1-2H3,(H,19,20).